The molecule has 3 aromatic rings. The Balaban J connectivity index is 1.94. The first-order valence-electron chi connectivity index (χ1n) is 8.56. The highest BCUT2D eigenvalue weighted by atomic mass is 127. The molecule has 1 aromatic heterocycles. The minimum Gasteiger partial charge on any atom is -0.491 e. The first-order valence-corrected chi connectivity index (χ1v) is 10.7. The van der Waals surface area contributed by atoms with E-state index in [4.69, 9.17) is 4.74 Å². The Morgan fingerprint density at radius 2 is 1.79 bits per heavy atom. The zero-order chi connectivity index (χ0) is 20.5. The molecule has 146 valence electrons. The average Bonchev–Trinajstić information content (AvgIpc) is 2.60. The first kappa shape index (κ1) is 21.0. The maximum absolute atomic E-state index is 12.5. The van der Waals surface area contributed by atoms with Crippen LogP contribution >= 0.6 is 45.2 Å². The third kappa shape index (κ3) is 4.83. The van der Waals surface area contributed by atoms with Crippen molar-refractivity contribution in [2.24, 2.45) is 10.5 Å². The standard InChI is InChI=1S/C20H19I2N3O3/c1-20(2,3)11-28-17-14(21)8-12(9-15(17)22)10-23-25-18(26)13-6-4-5-7-16(13)24-19(25)27/h4-10H,11H2,1-3H3,(H,24,27). The highest BCUT2D eigenvalue weighted by Gasteiger charge is 2.15. The molecule has 3 rings (SSSR count). The van der Waals surface area contributed by atoms with Crippen LogP contribution in [0.4, 0.5) is 0 Å². The van der Waals surface area contributed by atoms with Crippen molar-refractivity contribution < 1.29 is 4.74 Å². The van der Waals surface area contributed by atoms with Gasteiger partial charge in [0, 0.05) is 0 Å². The molecule has 0 fully saturated rings. The van der Waals surface area contributed by atoms with Crippen molar-refractivity contribution in [2.45, 2.75) is 20.8 Å². The lowest BCUT2D eigenvalue weighted by atomic mass is 9.99. The lowest BCUT2D eigenvalue weighted by Crippen LogP contribution is -2.32. The Hall–Kier alpha value is -1.69. The van der Waals surface area contributed by atoms with Crippen LogP contribution in [-0.2, 0) is 0 Å². The Labute approximate surface area is 189 Å². The van der Waals surface area contributed by atoms with E-state index in [2.05, 4.69) is 76.0 Å². The van der Waals surface area contributed by atoms with Crippen LogP contribution in [0.25, 0.3) is 10.9 Å². The molecule has 0 aliphatic heterocycles. The molecule has 0 radical (unpaired) electrons. The molecule has 0 unspecified atom stereocenters. The zero-order valence-corrected chi connectivity index (χ0v) is 19.9. The van der Waals surface area contributed by atoms with Crippen LogP contribution in [0.3, 0.4) is 0 Å². The van der Waals surface area contributed by atoms with Gasteiger partial charge in [0.25, 0.3) is 5.56 Å². The summed E-state index contributed by atoms with van der Waals surface area (Å²) in [6.07, 6.45) is 1.50. The number of aromatic amines is 1. The Morgan fingerprint density at radius 1 is 1.14 bits per heavy atom. The second-order valence-electron chi connectivity index (χ2n) is 7.50. The lowest BCUT2D eigenvalue weighted by Gasteiger charge is -2.20. The minimum atomic E-state index is -0.575. The molecule has 0 atom stereocenters. The largest absolute Gasteiger partial charge is 0.491 e. The maximum atomic E-state index is 12.5. The van der Waals surface area contributed by atoms with Crippen LogP contribution < -0.4 is 16.0 Å². The minimum absolute atomic E-state index is 0.0601. The van der Waals surface area contributed by atoms with Crippen LogP contribution in [0.1, 0.15) is 26.3 Å². The third-order valence-electron chi connectivity index (χ3n) is 3.78. The predicted molar refractivity (Wildman–Crippen MR) is 129 cm³/mol. The number of rotatable bonds is 4. The highest BCUT2D eigenvalue weighted by Crippen LogP contribution is 2.30. The van der Waals surface area contributed by atoms with E-state index < -0.39 is 11.2 Å². The summed E-state index contributed by atoms with van der Waals surface area (Å²) in [6, 6.07) is 10.7. The monoisotopic (exact) mass is 603 g/mol. The number of benzene rings is 2. The maximum Gasteiger partial charge on any atom is 0.349 e. The van der Waals surface area contributed by atoms with Crippen molar-refractivity contribution in [2.75, 3.05) is 6.61 Å². The van der Waals surface area contributed by atoms with Crippen molar-refractivity contribution in [1.29, 1.82) is 0 Å². The number of ether oxygens (including phenoxy) is 1. The molecule has 6 nitrogen and oxygen atoms in total. The van der Waals surface area contributed by atoms with Crippen LogP contribution in [0.2, 0.25) is 0 Å². The fourth-order valence-electron chi connectivity index (χ4n) is 2.46. The SMILES string of the molecule is CC(C)(C)COc1c(I)cc(C=Nn2c(=O)[nH]c3ccccc3c2=O)cc1I. The summed E-state index contributed by atoms with van der Waals surface area (Å²) < 4.78 is 8.69. The molecule has 28 heavy (non-hydrogen) atoms. The molecule has 0 aliphatic rings. The van der Waals surface area contributed by atoms with Crippen LogP contribution in [0.15, 0.2) is 51.1 Å². The summed E-state index contributed by atoms with van der Waals surface area (Å²) in [6.45, 7) is 6.96. The van der Waals surface area contributed by atoms with Gasteiger partial charge in [-0.1, -0.05) is 32.9 Å². The summed E-state index contributed by atoms with van der Waals surface area (Å²) in [5.41, 5.74) is 0.300. The van der Waals surface area contributed by atoms with E-state index in [1.165, 1.54) is 6.21 Å². The fraction of sp³-hybridized carbons (Fsp3) is 0.250. The zero-order valence-electron chi connectivity index (χ0n) is 15.6. The number of H-pyrrole nitrogens is 1. The average molecular weight is 603 g/mol. The summed E-state index contributed by atoms with van der Waals surface area (Å²) in [4.78, 5) is 27.4. The second kappa shape index (κ2) is 8.36. The molecule has 0 aliphatic carbocycles. The van der Waals surface area contributed by atoms with E-state index in [1.54, 1.807) is 24.3 Å². The number of halogens is 2. The van der Waals surface area contributed by atoms with Gasteiger partial charge < -0.3 is 9.72 Å². The van der Waals surface area contributed by atoms with Gasteiger partial charge in [-0.25, -0.2) is 4.79 Å². The summed E-state index contributed by atoms with van der Waals surface area (Å²) in [5, 5.41) is 4.52. The topological polar surface area (TPSA) is 76.5 Å². The summed E-state index contributed by atoms with van der Waals surface area (Å²) in [5.74, 6) is 0.828. The van der Waals surface area contributed by atoms with E-state index in [9.17, 15) is 9.59 Å². The van der Waals surface area contributed by atoms with E-state index in [0.29, 0.717) is 17.5 Å². The number of aromatic nitrogens is 2. The number of fused-ring (bicyclic) bond motifs is 1. The summed E-state index contributed by atoms with van der Waals surface area (Å²) in [7, 11) is 0. The van der Waals surface area contributed by atoms with E-state index >= 15 is 0 Å². The number of hydrogen-bond donors (Lipinski definition) is 1. The van der Waals surface area contributed by atoms with Gasteiger partial charge >= 0.3 is 5.69 Å². The molecule has 0 bridgehead atoms. The van der Waals surface area contributed by atoms with Crippen molar-refractivity contribution in [1.82, 2.24) is 9.66 Å². The molecule has 0 amide bonds. The Morgan fingerprint density at radius 3 is 2.43 bits per heavy atom. The van der Waals surface area contributed by atoms with Crippen molar-refractivity contribution in [3.05, 3.63) is 69.9 Å². The van der Waals surface area contributed by atoms with Gasteiger partial charge in [0.1, 0.15) is 5.75 Å². The lowest BCUT2D eigenvalue weighted by molar-refractivity contribution is 0.195. The van der Waals surface area contributed by atoms with Crippen molar-refractivity contribution >= 4 is 62.3 Å². The molecule has 0 saturated carbocycles. The molecule has 0 saturated heterocycles. The van der Waals surface area contributed by atoms with Crippen LogP contribution in [0, 0.1) is 12.6 Å². The molecular formula is C20H19I2N3O3. The quantitative estimate of drug-likeness (QED) is 0.359. The number of para-hydroxylation sites is 1. The van der Waals surface area contributed by atoms with Crippen molar-refractivity contribution in [3.8, 4) is 5.75 Å². The molecule has 2 aromatic carbocycles. The normalized spacial score (nSPS) is 12.0. The second-order valence-corrected chi connectivity index (χ2v) is 9.82. The van der Waals surface area contributed by atoms with Gasteiger partial charge in [-0.05, 0) is 80.4 Å². The predicted octanol–water partition coefficient (Wildman–Crippen LogP) is 4.21. The third-order valence-corrected chi connectivity index (χ3v) is 5.38. The van der Waals surface area contributed by atoms with Crippen molar-refractivity contribution in [3.63, 3.8) is 0 Å². The number of nitrogens with zero attached hydrogens (tertiary/aromatic N) is 2. The highest BCUT2D eigenvalue weighted by molar-refractivity contribution is 14.1. The molecular weight excluding hydrogens is 584 g/mol. The number of nitrogens with one attached hydrogen (secondary N) is 1. The van der Waals surface area contributed by atoms with Gasteiger partial charge in [0.2, 0.25) is 0 Å². The van der Waals surface area contributed by atoms with E-state index in [1.807, 2.05) is 12.1 Å². The molecule has 1 N–H and O–H groups in total. The number of hydrogen-bond acceptors (Lipinski definition) is 4. The Bertz CT molecular complexity index is 1150. The van der Waals surface area contributed by atoms with Gasteiger partial charge in [-0.2, -0.15) is 5.10 Å². The van der Waals surface area contributed by atoms with Gasteiger partial charge in [-0.15, -0.1) is 4.68 Å². The first-order chi connectivity index (χ1) is 13.2. The fourth-order valence-corrected chi connectivity index (χ4v) is 4.59. The van der Waals surface area contributed by atoms with Crippen LogP contribution in [-0.4, -0.2) is 22.5 Å². The smallest absolute Gasteiger partial charge is 0.349 e. The van der Waals surface area contributed by atoms with E-state index in [0.717, 1.165) is 23.1 Å². The molecule has 8 heteroatoms. The molecule has 1 heterocycles. The Kier molecular flexibility index (Phi) is 6.28. The van der Waals surface area contributed by atoms with Crippen LogP contribution in [0.5, 0.6) is 5.75 Å². The van der Waals surface area contributed by atoms with Gasteiger partial charge in [0.15, 0.2) is 0 Å². The van der Waals surface area contributed by atoms with E-state index in [-0.39, 0.29) is 5.41 Å². The van der Waals surface area contributed by atoms with Gasteiger partial charge in [0.05, 0.1) is 30.9 Å². The summed E-state index contributed by atoms with van der Waals surface area (Å²) >= 11 is 4.43. The van der Waals surface area contributed by atoms with Gasteiger partial charge in [-0.3, -0.25) is 4.79 Å². The molecule has 0 spiro atoms.